The highest BCUT2D eigenvalue weighted by Gasteiger charge is 2.51. The molecule has 1 unspecified atom stereocenters. The Labute approximate surface area is 122 Å². The summed E-state index contributed by atoms with van der Waals surface area (Å²) in [5, 5.41) is 5.24. The zero-order valence-corrected chi connectivity index (χ0v) is 12.3. The van der Waals surface area contributed by atoms with Crippen molar-refractivity contribution in [3.63, 3.8) is 0 Å². The third kappa shape index (κ3) is 2.91. The van der Waals surface area contributed by atoms with Crippen LogP contribution in [0.2, 0.25) is 0 Å². The molecule has 0 bridgehead atoms. The number of imide groups is 1. The second-order valence-electron chi connectivity index (χ2n) is 5.62. The number of nitrogens with one attached hydrogen (secondary N) is 2. The van der Waals surface area contributed by atoms with Gasteiger partial charge in [-0.2, -0.15) is 0 Å². The SMILES string of the molecule is CC(C)CNC(=O)CN1C(=O)NC(C)(c2ccco2)C1=O. The van der Waals surface area contributed by atoms with E-state index in [1.165, 1.54) is 6.26 Å². The average Bonchev–Trinajstić information content (AvgIpc) is 3.01. The maximum absolute atomic E-state index is 12.4. The van der Waals surface area contributed by atoms with Crippen LogP contribution in [0.1, 0.15) is 26.5 Å². The van der Waals surface area contributed by atoms with Crippen LogP contribution in [-0.2, 0) is 15.1 Å². The topological polar surface area (TPSA) is 91.7 Å². The van der Waals surface area contributed by atoms with Gasteiger partial charge in [-0.1, -0.05) is 13.8 Å². The largest absolute Gasteiger partial charge is 0.466 e. The number of rotatable bonds is 5. The molecule has 2 N–H and O–H groups in total. The van der Waals surface area contributed by atoms with Crippen LogP contribution in [0, 0.1) is 5.92 Å². The quantitative estimate of drug-likeness (QED) is 0.786. The molecule has 1 aromatic heterocycles. The average molecular weight is 293 g/mol. The van der Waals surface area contributed by atoms with Crippen molar-refractivity contribution in [2.75, 3.05) is 13.1 Å². The summed E-state index contributed by atoms with van der Waals surface area (Å²) in [5.74, 6) is -0.227. The zero-order chi connectivity index (χ0) is 15.6. The molecule has 1 atom stereocenters. The summed E-state index contributed by atoms with van der Waals surface area (Å²) >= 11 is 0. The molecule has 0 spiro atoms. The summed E-state index contributed by atoms with van der Waals surface area (Å²) in [7, 11) is 0. The normalized spacial score (nSPS) is 21.8. The van der Waals surface area contributed by atoms with Crippen molar-refractivity contribution in [2.24, 2.45) is 5.92 Å². The van der Waals surface area contributed by atoms with Gasteiger partial charge in [0.25, 0.3) is 5.91 Å². The van der Waals surface area contributed by atoms with Crippen molar-refractivity contribution in [2.45, 2.75) is 26.3 Å². The standard InChI is InChI=1S/C14H19N3O4/c1-9(2)7-15-11(18)8-17-12(19)14(3,16-13(17)20)10-5-4-6-21-10/h4-6,9H,7-8H2,1-3H3,(H,15,18)(H,16,20). The minimum absolute atomic E-state index is 0.297. The third-order valence-electron chi connectivity index (χ3n) is 3.30. The highest BCUT2D eigenvalue weighted by molar-refractivity contribution is 6.08. The van der Waals surface area contributed by atoms with Crippen molar-refractivity contribution >= 4 is 17.8 Å². The monoisotopic (exact) mass is 293 g/mol. The lowest BCUT2D eigenvalue weighted by Crippen LogP contribution is -2.43. The minimum atomic E-state index is -1.26. The molecule has 1 aromatic rings. The molecule has 1 aliphatic heterocycles. The molecule has 114 valence electrons. The van der Waals surface area contributed by atoms with Crippen LogP contribution in [0.25, 0.3) is 0 Å². The highest BCUT2D eigenvalue weighted by atomic mass is 16.3. The summed E-state index contributed by atoms with van der Waals surface area (Å²) in [6, 6.07) is 2.65. The Kier molecular flexibility index (Phi) is 4.02. The van der Waals surface area contributed by atoms with E-state index in [0.717, 1.165) is 4.90 Å². The molecule has 7 nitrogen and oxygen atoms in total. The molecular formula is C14H19N3O4. The zero-order valence-electron chi connectivity index (χ0n) is 12.3. The van der Waals surface area contributed by atoms with Crippen LogP contribution in [0.3, 0.4) is 0 Å². The number of urea groups is 1. The highest BCUT2D eigenvalue weighted by Crippen LogP contribution is 2.28. The van der Waals surface area contributed by atoms with Gasteiger partial charge in [-0.15, -0.1) is 0 Å². The first-order valence-electron chi connectivity index (χ1n) is 6.79. The lowest BCUT2D eigenvalue weighted by Gasteiger charge is -2.19. The first kappa shape index (κ1) is 15.1. The van der Waals surface area contributed by atoms with Gasteiger partial charge in [0.2, 0.25) is 5.91 Å². The Balaban J connectivity index is 2.07. The Morgan fingerprint density at radius 3 is 2.76 bits per heavy atom. The van der Waals surface area contributed by atoms with E-state index >= 15 is 0 Å². The predicted octanol–water partition coefficient (Wildman–Crippen LogP) is 0.819. The summed E-state index contributed by atoms with van der Waals surface area (Å²) < 4.78 is 5.21. The Morgan fingerprint density at radius 2 is 2.19 bits per heavy atom. The fraction of sp³-hybridized carbons (Fsp3) is 0.500. The van der Waals surface area contributed by atoms with Gasteiger partial charge in [-0.05, 0) is 25.0 Å². The Bertz CT molecular complexity index is 553. The summed E-state index contributed by atoms with van der Waals surface area (Å²) in [4.78, 5) is 37.0. The molecule has 1 saturated heterocycles. The lowest BCUT2D eigenvalue weighted by molar-refractivity contribution is -0.135. The lowest BCUT2D eigenvalue weighted by atomic mass is 9.99. The number of hydrogen-bond acceptors (Lipinski definition) is 4. The van der Waals surface area contributed by atoms with Gasteiger partial charge < -0.3 is 15.1 Å². The maximum Gasteiger partial charge on any atom is 0.325 e. The first-order chi connectivity index (χ1) is 9.84. The van der Waals surface area contributed by atoms with Crippen LogP contribution in [-0.4, -0.2) is 35.8 Å². The van der Waals surface area contributed by atoms with E-state index in [2.05, 4.69) is 10.6 Å². The van der Waals surface area contributed by atoms with Gasteiger partial charge in [0.1, 0.15) is 12.3 Å². The van der Waals surface area contributed by atoms with Gasteiger partial charge in [0.05, 0.1) is 6.26 Å². The maximum atomic E-state index is 12.4. The second-order valence-corrected chi connectivity index (χ2v) is 5.62. The number of amides is 4. The molecule has 1 aliphatic rings. The molecular weight excluding hydrogens is 274 g/mol. The van der Waals surface area contributed by atoms with Crippen molar-refractivity contribution in [1.29, 1.82) is 0 Å². The smallest absolute Gasteiger partial charge is 0.325 e. The van der Waals surface area contributed by atoms with E-state index in [0.29, 0.717) is 18.2 Å². The van der Waals surface area contributed by atoms with E-state index in [1.807, 2.05) is 13.8 Å². The third-order valence-corrected chi connectivity index (χ3v) is 3.30. The van der Waals surface area contributed by atoms with Crippen molar-refractivity contribution in [3.05, 3.63) is 24.2 Å². The van der Waals surface area contributed by atoms with Gasteiger partial charge in [-0.25, -0.2) is 4.79 Å². The predicted molar refractivity (Wildman–Crippen MR) is 74.2 cm³/mol. The number of furan rings is 1. The number of hydrogen-bond donors (Lipinski definition) is 2. The van der Waals surface area contributed by atoms with E-state index in [9.17, 15) is 14.4 Å². The van der Waals surface area contributed by atoms with Crippen LogP contribution in [0.4, 0.5) is 4.79 Å². The molecule has 7 heteroatoms. The summed E-state index contributed by atoms with van der Waals surface area (Å²) in [6.07, 6.45) is 1.43. The van der Waals surface area contributed by atoms with Crippen molar-refractivity contribution in [1.82, 2.24) is 15.5 Å². The molecule has 0 radical (unpaired) electrons. The van der Waals surface area contributed by atoms with E-state index < -0.39 is 17.5 Å². The van der Waals surface area contributed by atoms with Crippen LogP contribution in [0.15, 0.2) is 22.8 Å². The molecule has 0 aromatic carbocycles. The molecule has 0 aliphatic carbocycles. The minimum Gasteiger partial charge on any atom is -0.466 e. The fourth-order valence-electron chi connectivity index (χ4n) is 2.09. The fourth-order valence-corrected chi connectivity index (χ4v) is 2.09. The Hall–Kier alpha value is -2.31. The van der Waals surface area contributed by atoms with Crippen LogP contribution >= 0.6 is 0 Å². The van der Waals surface area contributed by atoms with E-state index in [4.69, 9.17) is 4.42 Å². The van der Waals surface area contributed by atoms with Crippen molar-refractivity contribution in [3.8, 4) is 0 Å². The van der Waals surface area contributed by atoms with Crippen molar-refractivity contribution < 1.29 is 18.8 Å². The summed E-state index contributed by atoms with van der Waals surface area (Å²) in [6.45, 7) is 5.67. The first-order valence-corrected chi connectivity index (χ1v) is 6.79. The molecule has 2 rings (SSSR count). The van der Waals surface area contributed by atoms with Crippen LogP contribution < -0.4 is 10.6 Å². The number of carbonyl (C=O) groups is 3. The van der Waals surface area contributed by atoms with Gasteiger partial charge >= 0.3 is 6.03 Å². The van der Waals surface area contributed by atoms with Crippen LogP contribution in [0.5, 0.6) is 0 Å². The molecule has 21 heavy (non-hydrogen) atoms. The van der Waals surface area contributed by atoms with Gasteiger partial charge in [0.15, 0.2) is 5.54 Å². The molecule has 1 fully saturated rings. The molecule has 4 amide bonds. The number of carbonyl (C=O) groups excluding carboxylic acids is 3. The van der Waals surface area contributed by atoms with Gasteiger partial charge in [-0.3, -0.25) is 14.5 Å². The Morgan fingerprint density at radius 1 is 1.48 bits per heavy atom. The van der Waals surface area contributed by atoms with Gasteiger partial charge in [0, 0.05) is 6.54 Å². The van der Waals surface area contributed by atoms with E-state index in [1.54, 1.807) is 19.1 Å². The second kappa shape index (κ2) is 5.59. The summed E-state index contributed by atoms with van der Waals surface area (Å²) in [5.41, 5.74) is -1.26. The molecule has 2 heterocycles. The molecule has 0 saturated carbocycles. The number of nitrogens with zero attached hydrogens (tertiary/aromatic N) is 1. The van der Waals surface area contributed by atoms with E-state index in [-0.39, 0.29) is 12.5 Å².